The highest BCUT2D eigenvalue weighted by Crippen LogP contribution is 2.31. The van der Waals surface area contributed by atoms with Crippen molar-refractivity contribution in [3.8, 4) is 0 Å². The highest BCUT2D eigenvalue weighted by atomic mass is 35.5. The van der Waals surface area contributed by atoms with E-state index >= 15 is 0 Å². The van der Waals surface area contributed by atoms with Crippen LogP contribution in [0.3, 0.4) is 0 Å². The van der Waals surface area contributed by atoms with E-state index in [9.17, 15) is 4.79 Å². The minimum atomic E-state index is -0.0249. The zero-order valence-electron chi connectivity index (χ0n) is 14.5. The molecule has 0 N–H and O–H groups in total. The third kappa shape index (κ3) is 2.95. The first-order chi connectivity index (χ1) is 12.0. The van der Waals surface area contributed by atoms with Crippen molar-refractivity contribution in [3.05, 3.63) is 34.6 Å². The van der Waals surface area contributed by atoms with Crippen LogP contribution in [0.4, 0.5) is 0 Å². The Morgan fingerprint density at radius 1 is 1.32 bits per heavy atom. The van der Waals surface area contributed by atoms with Crippen LogP contribution in [0.1, 0.15) is 53.9 Å². The van der Waals surface area contributed by atoms with E-state index in [1.807, 2.05) is 11.9 Å². The topological polar surface area (TPSA) is 65.2 Å². The van der Waals surface area contributed by atoms with Gasteiger partial charge in [0.05, 0.1) is 17.6 Å². The monoisotopic (exact) mass is 363 g/mol. The van der Waals surface area contributed by atoms with E-state index in [0.717, 1.165) is 37.7 Å². The van der Waals surface area contributed by atoms with Crippen molar-refractivity contribution in [1.82, 2.24) is 24.2 Å². The number of amides is 1. The quantitative estimate of drug-likeness (QED) is 0.821. The Morgan fingerprint density at radius 3 is 2.76 bits per heavy atom. The maximum Gasteiger partial charge on any atom is 0.271 e. The highest BCUT2D eigenvalue weighted by molar-refractivity contribution is 6.31. The van der Waals surface area contributed by atoms with Gasteiger partial charge in [0.1, 0.15) is 11.5 Å². The zero-order valence-corrected chi connectivity index (χ0v) is 15.2. The van der Waals surface area contributed by atoms with Gasteiger partial charge in [-0.2, -0.15) is 0 Å². The molecule has 1 saturated heterocycles. The fourth-order valence-electron chi connectivity index (χ4n) is 3.85. The molecule has 134 valence electrons. The van der Waals surface area contributed by atoms with Gasteiger partial charge in [-0.25, -0.2) is 0 Å². The van der Waals surface area contributed by atoms with Crippen molar-refractivity contribution in [2.75, 3.05) is 19.8 Å². The number of nitrogens with zero attached hydrogens (tertiary/aromatic N) is 5. The lowest BCUT2D eigenvalue weighted by Gasteiger charge is -2.34. The summed E-state index contributed by atoms with van der Waals surface area (Å²) in [6, 6.07) is 1.86. The predicted octanol–water partition coefficient (Wildman–Crippen LogP) is 2.38. The van der Waals surface area contributed by atoms with E-state index < -0.39 is 0 Å². The summed E-state index contributed by atoms with van der Waals surface area (Å²) in [5.41, 5.74) is 0.592. The minimum absolute atomic E-state index is 0.0249. The van der Waals surface area contributed by atoms with Crippen molar-refractivity contribution in [2.24, 2.45) is 7.05 Å². The van der Waals surface area contributed by atoms with E-state index in [2.05, 4.69) is 21.7 Å². The molecule has 7 nitrogen and oxygen atoms in total. The number of aromatic nitrogens is 4. The van der Waals surface area contributed by atoms with Crippen LogP contribution >= 0.6 is 11.6 Å². The van der Waals surface area contributed by atoms with Crippen molar-refractivity contribution in [3.63, 3.8) is 0 Å². The van der Waals surface area contributed by atoms with E-state index in [0.29, 0.717) is 29.7 Å². The van der Waals surface area contributed by atoms with Gasteiger partial charge in [0, 0.05) is 38.9 Å². The number of halogens is 1. The molecule has 0 unspecified atom stereocenters. The second-order valence-corrected chi connectivity index (χ2v) is 7.36. The molecule has 0 aliphatic carbocycles. The molecule has 8 heteroatoms. The first kappa shape index (κ1) is 16.6. The lowest BCUT2D eigenvalue weighted by molar-refractivity contribution is 0.0659. The second kappa shape index (κ2) is 6.46. The van der Waals surface area contributed by atoms with Crippen LogP contribution in [0, 0.1) is 0 Å². The standard InChI is InChI=1S/C17H22ClN5O2/c1-11-8-22(17(24)14-7-13(18)9-21(14)2)10-15-19-20-16(23(11)15)12-3-5-25-6-4-12/h7,9,11-12H,3-6,8,10H2,1-2H3/t11-/m0/s1. The lowest BCUT2D eigenvalue weighted by Crippen LogP contribution is -2.41. The molecule has 25 heavy (non-hydrogen) atoms. The summed E-state index contributed by atoms with van der Waals surface area (Å²) in [4.78, 5) is 14.7. The molecule has 1 fully saturated rings. The Hall–Kier alpha value is -1.86. The predicted molar refractivity (Wildman–Crippen MR) is 92.7 cm³/mol. The van der Waals surface area contributed by atoms with Crippen LogP contribution in [-0.4, -0.2) is 49.9 Å². The molecule has 0 aromatic carbocycles. The number of carbonyl (C=O) groups excluding carboxylic acids is 1. The number of carbonyl (C=O) groups is 1. The fraction of sp³-hybridized carbons (Fsp3) is 0.588. The van der Waals surface area contributed by atoms with Crippen LogP contribution in [0.25, 0.3) is 0 Å². The average Bonchev–Trinajstić information content (AvgIpc) is 3.18. The number of hydrogen-bond donors (Lipinski definition) is 0. The largest absolute Gasteiger partial charge is 0.381 e. The molecular weight excluding hydrogens is 342 g/mol. The SMILES string of the molecule is C[C@H]1CN(C(=O)c2cc(Cl)cn2C)Cc2nnc(C3CCOCC3)n21. The van der Waals surface area contributed by atoms with Gasteiger partial charge in [-0.15, -0.1) is 10.2 Å². The van der Waals surface area contributed by atoms with E-state index in [1.165, 1.54) is 0 Å². The molecular formula is C17H22ClN5O2. The van der Waals surface area contributed by atoms with Crippen LogP contribution in [0.2, 0.25) is 5.02 Å². The van der Waals surface area contributed by atoms with Gasteiger partial charge in [0.25, 0.3) is 5.91 Å². The Bertz CT molecular complexity index is 793. The number of aryl methyl sites for hydroxylation is 1. The van der Waals surface area contributed by atoms with Crippen LogP contribution in [0.15, 0.2) is 12.3 Å². The molecule has 2 aliphatic heterocycles. The van der Waals surface area contributed by atoms with Crippen LogP contribution < -0.4 is 0 Å². The van der Waals surface area contributed by atoms with Crippen LogP contribution in [0.5, 0.6) is 0 Å². The summed E-state index contributed by atoms with van der Waals surface area (Å²) < 4.78 is 9.44. The summed E-state index contributed by atoms with van der Waals surface area (Å²) in [6.45, 7) is 4.79. The number of ether oxygens (including phenoxy) is 1. The first-order valence-electron chi connectivity index (χ1n) is 8.67. The van der Waals surface area contributed by atoms with Crippen molar-refractivity contribution < 1.29 is 9.53 Å². The van der Waals surface area contributed by atoms with Crippen molar-refractivity contribution >= 4 is 17.5 Å². The highest BCUT2D eigenvalue weighted by Gasteiger charge is 2.33. The fourth-order valence-corrected chi connectivity index (χ4v) is 4.10. The molecule has 0 radical (unpaired) electrons. The lowest BCUT2D eigenvalue weighted by atomic mass is 9.99. The number of rotatable bonds is 2. The molecule has 2 aromatic heterocycles. The molecule has 4 heterocycles. The van der Waals surface area contributed by atoms with Gasteiger partial charge >= 0.3 is 0 Å². The maximum absolute atomic E-state index is 12.9. The molecule has 1 amide bonds. The normalized spacial score (nSPS) is 21.4. The average molecular weight is 364 g/mol. The molecule has 0 spiro atoms. The van der Waals surface area contributed by atoms with Crippen molar-refractivity contribution in [2.45, 2.75) is 38.3 Å². The summed E-state index contributed by atoms with van der Waals surface area (Å²) in [6.07, 6.45) is 3.71. The van der Waals surface area contributed by atoms with Gasteiger partial charge in [0.15, 0.2) is 5.82 Å². The Balaban J connectivity index is 1.58. The number of fused-ring (bicyclic) bond motifs is 1. The molecule has 0 saturated carbocycles. The summed E-state index contributed by atoms with van der Waals surface area (Å²) in [5.74, 6) is 2.27. The van der Waals surface area contributed by atoms with Gasteiger partial charge in [-0.1, -0.05) is 11.6 Å². The van der Waals surface area contributed by atoms with Gasteiger partial charge in [-0.3, -0.25) is 4.79 Å². The van der Waals surface area contributed by atoms with Crippen molar-refractivity contribution in [1.29, 1.82) is 0 Å². The molecule has 0 bridgehead atoms. The minimum Gasteiger partial charge on any atom is -0.381 e. The molecule has 4 rings (SSSR count). The third-order valence-corrected chi connectivity index (χ3v) is 5.32. The van der Waals surface area contributed by atoms with E-state index in [1.54, 1.807) is 16.8 Å². The molecule has 2 aromatic rings. The zero-order chi connectivity index (χ0) is 17.6. The molecule has 1 atom stereocenters. The maximum atomic E-state index is 12.9. The van der Waals surface area contributed by atoms with E-state index in [4.69, 9.17) is 16.3 Å². The Labute approximate surface area is 151 Å². The van der Waals surface area contributed by atoms with Crippen LogP contribution in [-0.2, 0) is 18.3 Å². The summed E-state index contributed by atoms with van der Waals surface area (Å²) >= 11 is 6.02. The summed E-state index contributed by atoms with van der Waals surface area (Å²) in [7, 11) is 1.83. The Morgan fingerprint density at radius 2 is 2.08 bits per heavy atom. The third-order valence-electron chi connectivity index (χ3n) is 5.11. The molecule has 2 aliphatic rings. The summed E-state index contributed by atoms with van der Waals surface area (Å²) in [5, 5.41) is 9.41. The second-order valence-electron chi connectivity index (χ2n) is 6.92. The first-order valence-corrected chi connectivity index (χ1v) is 9.05. The van der Waals surface area contributed by atoms with Gasteiger partial charge in [-0.05, 0) is 25.8 Å². The Kier molecular flexibility index (Phi) is 4.29. The van der Waals surface area contributed by atoms with Gasteiger partial charge < -0.3 is 18.8 Å². The van der Waals surface area contributed by atoms with E-state index in [-0.39, 0.29) is 11.9 Å². The van der Waals surface area contributed by atoms with Gasteiger partial charge in [0.2, 0.25) is 0 Å². The number of hydrogen-bond acceptors (Lipinski definition) is 4. The smallest absolute Gasteiger partial charge is 0.271 e.